The Hall–Kier alpha value is -0.573. The second-order valence-corrected chi connectivity index (χ2v) is 13.3. The molecule has 3 saturated carbocycles. The Bertz CT molecular complexity index is 492. The van der Waals surface area contributed by atoms with E-state index in [0.717, 1.165) is 36.0 Å². The molecule has 0 saturated heterocycles. The van der Waals surface area contributed by atoms with Gasteiger partial charge in [0.2, 0.25) is 8.32 Å². The molecule has 0 heterocycles. The molecule has 0 aromatic carbocycles. The first kappa shape index (κ1) is 13.1. The van der Waals surface area contributed by atoms with Crippen molar-refractivity contribution in [2.24, 2.45) is 40.9 Å². The summed E-state index contributed by atoms with van der Waals surface area (Å²) >= 11 is 0. The zero-order chi connectivity index (χ0) is 14.3. The van der Waals surface area contributed by atoms with Crippen LogP contribution < -0.4 is 0 Å². The number of carbonyl (C=O) groups excluding carboxylic acids is 1. The van der Waals surface area contributed by atoms with E-state index in [1.807, 2.05) is 0 Å². The third-order valence-electron chi connectivity index (χ3n) is 6.52. The molecule has 2 nitrogen and oxygen atoms in total. The SMILES string of the molecule is CC1(C(=O)O[Si](C)(C)C)CC2CC1C1C3C=CC(C3)C21. The van der Waals surface area contributed by atoms with Gasteiger partial charge in [-0.15, -0.1) is 0 Å². The summed E-state index contributed by atoms with van der Waals surface area (Å²) in [5.74, 6) is 4.75. The minimum atomic E-state index is -1.78. The summed E-state index contributed by atoms with van der Waals surface area (Å²) in [4.78, 5) is 12.8. The summed E-state index contributed by atoms with van der Waals surface area (Å²) < 4.78 is 5.89. The van der Waals surface area contributed by atoms with Crippen LogP contribution in [0.3, 0.4) is 0 Å². The van der Waals surface area contributed by atoms with Gasteiger partial charge < -0.3 is 4.43 Å². The van der Waals surface area contributed by atoms with Gasteiger partial charge in [0, 0.05) is 0 Å². The van der Waals surface area contributed by atoms with E-state index >= 15 is 0 Å². The third-order valence-corrected chi connectivity index (χ3v) is 7.32. The average Bonchev–Trinajstić information content (AvgIpc) is 3.02. The Labute approximate surface area is 123 Å². The minimum absolute atomic E-state index is 0.120. The minimum Gasteiger partial charge on any atom is -0.519 e. The molecule has 0 amide bonds. The van der Waals surface area contributed by atoms with E-state index in [4.69, 9.17) is 4.43 Å². The molecule has 0 aromatic heterocycles. The fraction of sp³-hybridized carbons (Fsp3) is 0.824. The summed E-state index contributed by atoms with van der Waals surface area (Å²) in [6, 6.07) is 0. The molecular formula is C17H26O2Si. The van der Waals surface area contributed by atoms with Crippen molar-refractivity contribution in [3.63, 3.8) is 0 Å². The van der Waals surface area contributed by atoms with Crippen LogP contribution in [0.4, 0.5) is 0 Å². The highest BCUT2D eigenvalue weighted by molar-refractivity contribution is 6.71. The van der Waals surface area contributed by atoms with Crippen LogP contribution in [0.5, 0.6) is 0 Å². The standard InChI is InChI=1S/C17H26O2Si/c1-17(16(18)19-20(2,3)4)9-12-8-13(17)15-11-6-5-10(7-11)14(12)15/h5-6,10-15H,7-9H2,1-4H3. The average molecular weight is 290 g/mol. The molecule has 4 rings (SSSR count). The number of allylic oxidation sites excluding steroid dienone is 2. The van der Waals surface area contributed by atoms with Crippen LogP contribution in [0, 0.1) is 40.9 Å². The Balaban J connectivity index is 1.61. The van der Waals surface area contributed by atoms with Crippen LogP contribution in [-0.2, 0) is 9.22 Å². The fourth-order valence-corrected chi connectivity index (χ4v) is 6.79. The van der Waals surface area contributed by atoms with E-state index in [9.17, 15) is 4.79 Å². The zero-order valence-electron chi connectivity index (χ0n) is 13.1. The quantitative estimate of drug-likeness (QED) is 0.439. The van der Waals surface area contributed by atoms with Crippen molar-refractivity contribution < 1.29 is 9.22 Å². The van der Waals surface area contributed by atoms with Crippen molar-refractivity contribution in [2.75, 3.05) is 0 Å². The molecule has 3 fully saturated rings. The monoisotopic (exact) mass is 290 g/mol. The van der Waals surface area contributed by atoms with Gasteiger partial charge in [0.1, 0.15) is 0 Å². The molecule has 20 heavy (non-hydrogen) atoms. The van der Waals surface area contributed by atoms with Crippen molar-refractivity contribution in [1.29, 1.82) is 0 Å². The van der Waals surface area contributed by atoms with E-state index in [-0.39, 0.29) is 11.4 Å². The molecule has 3 heteroatoms. The number of rotatable bonds is 2. The van der Waals surface area contributed by atoms with Gasteiger partial charge >= 0.3 is 0 Å². The summed E-state index contributed by atoms with van der Waals surface area (Å²) in [5, 5.41) is 0. The molecule has 0 N–H and O–H groups in total. The second kappa shape index (κ2) is 3.79. The predicted molar refractivity (Wildman–Crippen MR) is 81.5 cm³/mol. The molecule has 0 radical (unpaired) electrons. The van der Waals surface area contributed by atoms with Crippen LogP contribution in [0.25, 0.3) is 0 Å². The zero-order valence-corrected chi connectivity index (χ0v) is 14.1. The lowest BCUT2D eigenvalue weighted by molar-refractivity contribution is -0.151. The molecule has 4 bridgehead atoms. The van der Waals surface area contributed by atoms with Gasteiger partial charge in [-0.3, -0.25) is 4.79 Å². The van der Waals surface area contributed by atoms with Gasteiger partial charge in [-0.2, -0.15) is 0 Å². The molecule has 7 atom stereocenters. The van der Waals surface area contributed by atoms with Gasteiger partial charge in [-0.25, -0.2) is 0 Å². The van der Waals surface area contributed by atoms with Crippen LogP contribution in [-0.4, -0.2) is 14.3 Å². The van der Waals surface area contributed by atoms with E-state index in [2.05, 4.69) is 38.7 Å². The molecular weight excluding hydrogens is 264 g/mol. The third kappa shape index (κ3) is 1.59. The van der Waals surface area contributed by atoms with Crippen molar-refractivity contribution in [3.8, 4) is 0 Å². The number of hydrogen-bond acceptors (Lipinski definition) is 2. The van der Waals surface area contributed by atoms with Gasteiger partial charge in [-0.05, 0) is 81.3 Å². The lowest BCUT2D eigenvalue weighted by atomic mass is 9.63. The number of fused-ring (bicyclic) bond motifs is 9. The summed E-state index contributed by atoms with van der Waals surface area (Å²) in [6.45, 7) is 8.55. The van der Waals surface area contributed by atoms with Crippen LogP contribution >= 0.6 is 0 Å². The molecule has 0 aromatic rings. The van der Waals surface area contributed by atoms with Crippen LogP contribution in [0.15, 0.2) is 12.2 Å². The van der Waals surface area contributed by atoms with Gasteiger partial charge in [-0.1, -0.05) is 12.2 Å². The number of carbonyl (C=O) groups is 1. The molecule has 4 aliphatic rings. The molecule has 110 valence electrons. The molecule has 7 unspecified atom stereocenters. The van der Waals surface area contributed by atoms with Gasteiger partial charge in [0.05, 0.1) is 5.41 Å². The topological polar surface area (TPSA) is 26.3 Å². The first-order valence-corrected chi connectivity index (χ1v) is 11.6. The second-order valence-electron chi connectivity index (χ2n) is 8.83. The summed E-state index contributed by atoms with van der Waals surface area (Å²) in [5.41, 5.74) is -0.190. The number of hydrogen-bond donors (Lipinski definition) is 0. The highest BCUT2D eigenvalue weighted by Gasteiger charge is 2.67. The predicted octanol–water partition coefficient (Wildman–Crippen LogP) is 3.85. The van der Waals surface area contributed by atoms with Crippen molar-refractivity contribution in [3.05, 3.63) is 12.2 Å². The van der Waals surface area contributed by atoms with E-state index in [1.165, 1.54) is 12.8 Å². The first-order chi connectivity index (χ1) is 9.29. The normalized spacial score (nSPS) is 51.6. The van der Waals surface area contributed by atoms with E-state index in [0.29, 0.717) is 5.92 Å². The molecule has 0 aliphatic heterocycles. The van der Waals surface area contributed by atoms with E-state index in [1.54, 1.807) is 0 Å². The molecule has 0 spiro atoms. The Morgan fingerprint density at radius 2 is 1.80 bits per heavy atom. The lowest BCUT2D eigenvalue weighted by Crippen LogP contribution is -2.46. The fourth-order valence-electron chi connectivity index (χ4n) is 6.00. The van der Waals surface area contributed by atoms with Crippen LogP contribution in [0.1, 0.15) is 26.2 Å². The van der Waals surface area contributed by atoms with E-state index < -0.39 is 8.32 Å². The Kier molecular flexibility index (Phi) is 2.49. The highest BCUT2D eigenvalue weighted by Crippen LogP contribution is 2.70. The Morgan fingerprint density at radius 3 is 2.45 bits per heavy atom. The lowest BCUT2D eigenvalue weighted by Gasteiger charge is -2.42. The maximum absolute atomic E-state index is 12.8. The highest BCUT2D eigenvalue weighted by atomic mass is 28.4. The van der Waals surface area contributed by atoms with Crippen molar-refractivity contribution in [1.82, 2.24) is 0 Å². The maximum Gasteiger partial charge on any atom is 0.298 e. The molecule has 4 aliphatic carbocycles. The first-order valence-electron chi connectivity index (χ1n) is 8.21. The Morgan fingerprint density at radius 1 is 1.15 bits per heavy atom. The largest absolute Gasteiger partial charge is 0.519 e. The van der Waals surface area contributed by atoms with Crippen molar-refractivity contribution in [2.45, 2.75) is 45.8 Å². The summed E-state index contributed by atoms with van der Waals surface area (Å²) in [6.07, 6.45) is 8.63. The van der Waals surface area contributed by atoms with Gasteiger partial charge in [0.15, 0.2) is 0 Å². The maximum atomic E-state index is 12.8. The van der Waals surface area contributed by atoms with Gasteiger partial charge in [0.25, 0.3) is 5.97 Å². The van der Waals surface area contributed by atoms with Crippen molar-refractivity contribution >= 4 is 14.3 Å². The van der Waals surface area contributed by atoms with Crippen LogP contribution in [0.2, 0.25) is 19.6 Å². The summed E-state index contributed by atoms with van der Waals surface area (Å²) in [7, 11) is -1.78. The smallest absolute Gasteiger partial charge is 0.298 e.